The summed E-state index contributed by atoms with van der Waals surface area (Å²) in [6.07, 6.45) is 6.79. The van der Waals surface area contributed by atoms with Crippen LogP contribution in [-0.4, -0.2) is 51.2 Å². The van der Waals surface area contributed by atoms with E-state index in [0.717, 1.165) is 41.2 Å². The first-order valence-electron chi connectivity index (χ1n) is 9.66. The first-order chi connectivity index (χ1) is 14.8. The maximum absolute atomic E-state index is 5.65. The third-order valence-corrected chi connectivity index (χ3v) is 4.91. The fraction of sp³-hybridized carbons (Fsp3) is 0.190. The number of anilines is 4. The molecule has 30 heavy (non-hydrogen) atoms. The van der Waals surface area contributed by atoms with Crippen molar-refractivity contribution in [3.63, 3.8) is 0 Å². The molecule has 0 unspecified atom stereocenters. The number of ether oxygens (including phenoxy) is 1. The van der Waals surface area contributed by atoms with Crippen molar-refractivity contribution in [2.45, 2.75) is 0 Å². The zero-order valence-corrected chi connectivity index (χ0v) is 16.2. The summed E-state index contributed by atoms with van der Waals surface area (Å²) in [5.74, 6) is 1.63. The molecule has 4 heterocycles. The minimum Gasteiger partial charge on any atom is -0.378 e. The third kappa shape index (κ3) is 3.58. The SMILES string of the molecule is Nc1ncc(-c2nc(N3CCOCC3)c3cccc(Nc4ccncc4)c3n2)cn1. The van der Waals surface area contributed by atoms with Crippen molar-refractivity contribution < 1.29 is 4.74 Å². The van der Waals surface area contributed by atoms with Crippen molar-refractivity contribution in [1.29, 1.82) is 0 Å². The van der Waals surface area contributed by atoms with Gasteiger partial charge in [-0.3, -0.25) is 4.98 Å². The molecule has 9 heteroatoms. The molecule has 1 aliphatic rings. The molecule has 9 nitrogen and oxygen atoms in total. The Bertz CT molecular complexity index is 1160. The lowest BCUT2D eigenvalue weighted by Gasteiger charge is -2.29. The van der Waals surface area contributed by atoms with E-state index in [1.807, 2.05) is 30.3 Å². The summed E-state index contributed by atoms with van der Waals surface area (Å²) in [5.41, 5.74) is 8.99. The standard InChI is InChI=1S/C21H20N8O/c22-21-24-12-14(13-25-21)19-27-18-16(20(28-19)29-8-10-30-11-9-29)2-1-3-17(18)26-15-4-6-23-7-5-15/h1-7,12-13H,8-11H2,(H,23,26)(H2,22,24,25). The molecule has 0 bridgehead atoms. The van der Waals surface area contributed by atoms with Crippen molar-refractivity contribution in [1.82, 2.24) is 24.9 Å². The Labute approximate surface area is 173 Å². The Balaban J connectivity index is 1.68. The van der Waals surface area contributed by atoms with E-state index in [4.69, 9.17) is 20.4 Å². The highest BCUT2D eigenvalue weighted by Crippen LogP contribution is 2.33. The van der Waals surface area contributed by atoms with Crippen LogP contribution in [0.1, 0.15) is 0 Å². The predicted molar refractivity (Wildman–Crippen MR) is 116 cm³/mol. The van der Waals surface area contributed by atoms with E-state index in [2.05, 4.69) is 25.2 Å². The number of para-hydroxylation sites is 1. The number of rotatable bonds is 4. The zero-order chi connectivity index (χ0) is 20.3. The van der Waals surface area contributed by atoms with E-state index in [0.29, 0.717) is 24.6 Å². The topological polar surface area (TPSA) is 115 Å². The van der Waals surface area contributed by atoms with E-state index in [9.17, 15) is 0 Å². The van der Waals surface area contributed by atoms with E-state index < -0.39 is 0 Å². The molecular weight excluding hydrogens is 380 g/mol. The number of fused-ring (bicyclic) bond motifs is 1. The number of hydrogen-bond acceptors (Lipinski definition) is 9. The Morgan fingerprint density at radius 2 is 1.73 bits per heavy atom. The van der Waals surface area contributed by atoms with Gasteiger partial charge in [0, 0.05) is 49.0 Å². The largest absolute Gasteiger partial charge is 0.378 e. The van der Waals surface area contributed by atoms with Crippen molar-refractivity contribution in [2.75, 3.05) is 42.3 Å². The molecule has 0 radical (unpaired) electrons. The van der Waals surface area contributed by atoms with Gasteiger partial charge in [0.05, 0.1) is 30.0 Å². The molecule has 1 fully saturated rings. The van der Waals surface area contributed by atoms with Gasteiger partial charge in [-0.25, -0.2) is 19.9 Å². The number of nitrogens with zero attached hydrogens (tertiary/aromatic N) is 6. The number of pyridine rings is 1. The number of hydrogen-bond donors (Lipinski definition) is 2. The number of nitrogens with two attached hydrogens (primary N) is 1. The van der Waals surface area contributed by atoms with Crippen LogP contribution in [0.25, 0.3) is 22.3 Å². The van der Waals surface area contributed by atoms with Gasteiger partial charge < -0.3 is 20.7 Å². The lowest BCUT2D eigenvalue weighted by atomic mass is 10.1. The van der Waals surface area contributed by atoms with Crippen LogP contribution < -0.4 is 16.0 Å². The van der Waals surface area contributed by atoms with Gasteiger partial charge in [-0.1, -0.05) is 6.07 Å². The third-order valence-electron chi connectivity index (χ3n) is 4.91. The summed E-state index contributed by atoms with van der Waals surface area (Å²) >= 11 is 0. The van der Waals surface area contributed by atoms with Crippen molar-refractivity contribution in [2.24, 2.45) is 0 Å². The highest BCUT2D eigenvalue weighted by Gasteiger charge is 2.19. The first kappa shape index (κ1) is 18.2. The number of aromatic nitrogens is 5. The van der Waals surface area contributed by atoms with Crippen LogP contribution >= 0.6 is 0 Å². The summed E-state index contributed by atoms with van der Waals surface area (Å²) in [5, 5.41) is 4.41. The lowest BCUT2D eigenvalue weighted by molar-refractivity contribution is 0.122. The second kappa shape index (κ2) is 7.88. The summed E-state index contributed by atoms with van der Waals surface area (Å²) in [6.45, 7) is 2.87. The van der Waals surface area contributed by atoms with Crippen LogP contribution in [0.4, 0.5) is 23.1 Å². The van der Waals surface area contributed by atoms with Crippen LogP contribution in [0.5, 0.6) is 0 Å². The van der Waals surface area contributed by atoms with Gasteiger partial charge in [0.2, 0.25) is 5.95 Å². The summed E-state index contributed by atoms with van der Waals surface area (Å²) < 4.78 is 5.53. The number of nitrogens with one attached hydrogen (secondary N) is 1. The van der Waals surface area contributed by atoms with Crippen LogP contribution in [0.15, 0.2) is 55.1 Å². The maximum atomic E-state index is 5.65. The molecule has 3 aromatic heterocycles. The van der Waals surface area contributed by atoms with Crippen LogP contribution in [0.3, 0.4) is 0 Å². The molecule has 4 aromatic rings. The minimum absolute atomic E-state index is 0.216. The molecule has 3 N–H and O–H groups in total. The van der Waals surface area contributed by atoms with Gasteiger partial charge in [-0.15, -0.1) is 0 Å². The highest BCUT2D eigenvalue weighted by atomic mass is 16.5. The maximum Gasteiger partial charge on any atom is 0.219 e. The normalized spacial score (nSPS) is 14.1. The summed E-state index contributed by atoms with van der Waals surface area (Å²) in [4.78, 5) is 24.2. The second-order valence-electron chi connectivity index (χ2n) is 6.86. The van der Waals surface area contributed by atoms with Crippen LogP contribution in [0.2, 0.25) is 0 Å². The van der Waals surface area contributed by atoms with E-state index >= 15 is 0 Å². The molecule has 1 aromatic carbocycles. The monoisotopic (exact) mass is 400 g/mol. The Morgan fingerprint density at radius 1 is 0.967 bits per heavy atom. The summed E-state index contributed by atoms with van der Waals surface area (Å²) in [6, 6.07) is 9.88. The van der Waals surface area contributed by atoms with E-state index in [1.165, 1.54) is 0 Å². The van der Waals surface area contributed by atoms with Crippen LogP contribution in [0, 0.1) is 0 Å². The molecule has 0 saturated carbocycles. The van der Waals surface area contributed by atoms with Crippen molar-refractivity contribution in [3.8, 4) is 11.4 Å². The Morgan fingerprint density at radius 3 is 2.50 bits per heavy atom. The predicted octanol–water partition coefficient (Wildman–Crippen LogP) is 2.64. The molecule has 5 rings (SSSR count). The summed E-state index contributed by atoms with van der Waals surface area (Å²) in [7, 11) is 0. The Hall–Kier alpha value is -3.85. The van der Waals surface area contributed by atoms with Gasteiger partial charge in [-0.05, 0) is 24.3 Å². The smallest absolute Gasteiger partial charge is 0.219 e. The van der Waals surface area contributed by atoms with Gasteiger partial charge in [0.15, 0.2) is 5.82 Å². The molecule has 0 atom stereocenters. The average Bonchev–Trinajstić information content (AvgIpc) is 2.80. The molecule has 0 aliphatic carbocycles. The number of morpholine rings is 1. The molecule has 1 aliphatic heterocycles. The van der Waals surface area contributed by atoms with Crippen LogP contribution in [-0.2, 0) is 4.74 Å². The van der Waals surface area contributed by atoms with Crippen molar-refractivity contribution >= 4 is 34.0 Å². The number of benzene rings is 1. The van der Waals surface area contributed by atoms with Crippen molar-refractivity contribution in [3.05, 3.63) is 55.1 Å². The average molecular weight is 400 g/mol. The fourth-order valence-electron chi connectivity index (χ4n) is 3.43. The van der Waals surface area contributed by atoms with Gasteiger partial charge in [0.1, 0.15) is 5.82 Å². The molecule has 150 valence electrons. The molecular formula is C21H20N8O. The van der Waals surface area contributed by atoms with Gasteiger partial charge in [0.25, 0.3) is 0 Å². The number of nitrogen functional groups attached to an aromatic ring is 1. The highest BCUT2D eigenvalue weighted by molar-refractivity contribution is 5.99. The Kier molecular flexibility index (Phi) is 4.78. The quantitative estimate of drug-likeness (QED) is 0.533. The minimum atomic E-state index is 0.216. The lowest BCUT2D eigenvalue weighted by Crippen LogP contribution is -2.37. The van der Waals surface area contributed by atoms with E-state index in [-0.39, 0.29) is 5.95 Å². The molecule has 0 spiro atoms. The van der Waals surface area contributed by atoms with Gasteiger partial charge in [-0.2, -0.15) is 0 Å². The molecule has 1 saturated heterocycles. The van der Waals surface area contributed by atoms with E-state index in [1.54, 1.807) is 24.8 Å². The first-order valence-corrected chi connectivity index (χ1v) is 9.66. The zero-order valence-electron chi connectivity index (χ0n) is 16.2. The fourth-order valence-corrected chi connectivity index (χ4v) is 3.43. The molecule has 0 amide bonds. The second-order valence-corrected chi connectivity index (χ2v) is 6.86. The van der Waals surface area contributed by atoms with Gasteiger partial charge >= 0.3 is 0 Å².